The van der Waals surface area contributed by atoms with Crippen molar-refractivity contribution >= 4 is 23.5 Å². The number of nitrogens with zero attached hydrogens (tertiary/aromatic N) is 3. The Labute approximate surface area is 151 Å². The van der Waals surface area contributed by atoms with Crippen LogP contribution in [-0.2, 0) is 27.0 Å². The summed E-state index contributed by atoms with van der Waals surface area (Å²) in [6.45, 7) is -0.218. The molecule has 148 valence electrons. The average molecular weight is 418 g/mol. The van der Waals surface area contributed by atoms with Gasteiger partial charge in [0.2, 0.25) is 12.4 Å². The lowest BCUT2D eigenvalue weighted by molar-refractivity contribution is -0.685. The van der Waals surface area contributed by atoms with Gasteiger partial charge in [0.05, 0.1) is 7.11 Å². The topological polar surface area (TPSA) is 93.3 Å². The molecule has 0 saturated carbocycles. The molecule has 0 atom stereocenters. The first kappa shape index (κ1) is 22.3. The molecule has 0 aliphatic rings. The van der Waals surface area contributed by atoms with Crippen molar-refractivity contribution in [3.8, 4) is 10.6 Å². The van der Waals surface area contributed by atoms with Crippen LogP contribution in [0, 0.1) is 0 Å². The first-order valence-electron chi connectivity index (χ1n) is 6.62. The highest BCUT2D eigenvalue weighted by molar-refractivity contribution is 7.09. The van der Waals surface area contributed by atoms with Crippen LogP contribution in [0.15, 0.2) is 24.5 Å². The van der Waals surface area contributed by atoms with E-state index in [1.54, 1.807) is 0 Å². The first-order valence-corrected chi connectivity index (χ1v) is 7.39. The van der Waals surface area contributed by atoms with Crippen molar-refractivity contribution in [3.63, 3.8) is 0 Å². The highest BCUT2D eigenvalue weighted by atomic mass is 32.1. The molecule has 2 heterocycles. The van der Waals surface area contributed by atoms with E-state index in [-0.39, 0.29) is 11.6 Å². The SMILES string of the molecule is COC(=O)C(F)(F)F.O=C(O)C[n+]1ccc(-c2nc(C(F)(F)F)ns2)cc1. The molecule has 0 saturated heterocycles. The molecular weight excluding hydrogens is 408 g/mol. The number of ether oxygens (including phenoxy) is 1. The van der Waals surface area contributed by atoms with Crippen molar-refractivity contribution in [2.45, 2.75) is 18.9 Å². The smallest absolute Gasteiger partial charge is 0.477 e. The van der Waals surface area contributed by atoms with Gasteiger partial charge in [0.1, 0.15) is 5.01 Å². The number of aromatic nitrogens is 3. The molecule has 0 radical (unpaired) electrons. The minimum absolute atomic E-state index is 0.134. The molecule has 2 rings (SSSR count). The van der Waals surface area contributed by atoms with E-state index in [1.807, 2.05) is 0 Å². The molecular formula is C13H10F6N3O4S+. The molecule has 0 aromatic carbocycles. The zero-order chi connectivity index (χ0) is 20.8. The van der Waals surface area contributed by atoms with Crippen LogP contribution >= 0.6 is 11.5 Å². The number of hydrogen-bond donors (Lipinski definition) is 1. The molecule has 0 bridgehead atoms. The molecule has 1 N–H and O–H groups in total. The molecule has 27 heavy (non-hydrogen) atoms. The van der Waals surface area contributed by atoms with E-state index in [2.05, 4.69) is 14.1 Å². The van der Waals surface area contributed by atoms with Crippen LogP contribution in [0.4, 0.5) is 26.3 Å². The van der Waals surface area contributed by atoms with Crippen molar-refractivity contribution in [3.05, 3.63) is 30.4 Å². The largest absolute Gasteiger partial charge is 0.490 e. The van der Waals surface area contributed by atoms with Gasteiger partial charge in [-0.2, -0.15) is 35.3 Å². The fourth-order valence-electron chi connectivity index (χ4n) is 1.43. The summed E-state index contributed by atoms with van der Waals surface area (Å²) < 4.78 is 77.9. The number of methoxy groups -OCH3 is 1. The average Bonchev–Trinajstić information content (AvgIpc) is 3.04. The second kappa shape index (κ2) is 8.75. The van der Waals surface area contributed by atoms with E-state index >= 15 is 0 Å². The van der Waals surface area contributed by atoms with Gasteiger partial charge in [0.25, 0.3) is 0 Å². The Kier molecular flexibility index (Phi) is 7.21. The Hall–Kier alpha value is -2.77. The summed E-state index contributed by atoms with van der Waals surface area (Å²) in [4.78, 5) is 23.4. The van der Waals surface area contributed by atoms with Gasteiger partial charge in [-0.1, -0.05) is 0 Å². The summed E-state index contributed by atoms with van der Waals surface area (Å²) in [5.41, 5.74) is 0.453. The third kappa shape index (κ3) is 7.16. The van der Waals surface area contributed by atoms with Crippen molar-refractivity contribution in [1.82, 2.24) is 9.36 Å². The molecule has 14 heteroatoms. The maximum Gasteiger partial charge on any atom is 0.490 e. The third-order valence-electron chi connectivity index (χ3n) is 2.55. The molecule has 0 spiro atoms. The normalized spacial score (nSPS) is 11.4. The number of carboxylic acids is 1. The Morgan fingerprint density at radius 2 is 1.74 bits per heavy atom. The van der Waals surface area contributed by atoms with Gasteiger partial charge < -0.3 is 9.84 Å². The Bertz CT molecular complexity index is 789. The Morgan fingerprint density at radius 1 is 1.19 bits per heavy atom. The van der Waals surface area contributed by atoms with E-state index in [9.17, 15) is 35.9 Å². The number of aliphatic carboxylic acids is 1. The number of hydrogen-bond acceptors (Lipinski definition) is 6. The van der Waals surface area contributed by atoms with Crippen LogP contribution in [0.2, 0.25) is 0 Å². The van der Waals surface area contributed by atoms with Gasteiger partial charge in [-0.05, 0) is 11.5 Å². The van der Waals surface area contributed by atoms with E-state index in [0.29, 0.717) is 24.2 Å². The van der Waals surface area contributed by atoms with Gasteiger partial charge in [-0.25, -0.2) is 14.6 Å². The lowest BCUT2D eigenvalue weighted by atomic mass is 10.3. The van der Waals surface area contributed by atoms with Crippen LogP contribution in [0.3, 0.4) is 0 Å². The lowest BCUT2D eigenvalue weighted by Crippen LogP contribution is -2.36. The summed E-state index contributed by atoms with van der Waals surface area (Å²) in [6, 6.07) is 2.98. The van der Waals surface area contributed by atoms with Crippen LogP contribution in [0.5, 0.6) is 0 Å². The van der Waals surface area contributed by atoms with Crippen LogP contribution in [-0.4, -0.2) is 39.7 Å². The maximum atomic E-state index is 12.3. The number of carbonyl (C=O) groups excluding carboxylic acids is 1. The molecule has 0 unspecified atom stereocenters. The van der Waals surface area contributed by atoms with Gasteiger partial charge >= 0.3 is 24.3 Å². The van der Waals surface area contributed by atoms with Gasteiger partial charge in [0.15, 0.2) is 12.4 Å². The second-order valence-electron chi connectivity index (χ2n) is 4.56. The van der Waals surface area contributed by atoms with Crippen LogP contribution in [0.1, 0.15) is 5.82 Å². The summed E-state index contributed by atoms with van der Waals surface area (Å²) in [5.74, 6) is -4.35. The minimum Gasteiger partial charge on any atom is -0.477 e. The van der Waals surface area contributed by atoms with E-state index in [4.69, 9.17) is 5.11 Å². The highest BCUT2D eigenvalue weighted by Crippen LogP contribution is 2.30. The standard InChI is InChI=1S/C10H6F3N3O2S.C3H3F3O2/c11-10(12,13)9-14-8(19-15-9)6-1-3-16(4-2-6)5-7(17)18;1-8-2(7)3(4,5)6/h1-4H,5H2;1H3/p+1. The first-order chi connectivity index (χ1) is 12.3. The number of rotatable bonds is 3. The van der Waals surface area contributed by atoms with Gasteiger partial charge in [-0.3, -0.25) is 0 Å². The molecule has 0 amide bonds. The van der Waals surface area contributed by atoms with E-state index < -0.39 is 30.1 Å². The summed E-state index contributed by atoms with van der Waals surface area (Å²) in [5, 5.41) is 8.71. The molecule has 0 aliphatic carbocycles. The van der Waals surface area contributed by atoms with Crippen molar-refractivity contribution < 1.29 is 50.3 Å². The van der Waals surface area contributed by atoms with Crippen molar-refractivity contribution in [2.24, 2.45) is 0 Å². The predicted molar refractivity (Wildman–Crippen MR) is 76.2 cm³/mol. The Balaban J connectivity index is 0.000000387. The maximum absolute atomic E-state index is 12.3. The summed E-state index contributed by atoms with van der Waals surface area (Å²) in [6.07, 6.45) is -6.50. The molecule has 7 nitrogen and oxygen atoms in total. The fourth-order valence-corrected chi connectivity index (χ4v) is 2.12. The number of esters is 1. The second-order valence-corrected chi connectivity index (χ2v) is 5.31. The van der Waals surface area contributed by atoms with Crippen LogP contribution in [0.25, 0.3) is 10.6 Å². The van der Waals surface area contributed by atoms with Gasteiger partial charge in [0, 0.05) is 17.7 Å². The fraction of sp³-hybridized carbons (Fsp3) is 0.308. The number of carbonyl (C=O) groups is 2. The molecule has 0 aliphatic heterocycles. The number of halogens is 6. The molecule has 2 aromatic heterocycles. The van der Waals surface area contributed by atoms with Crippen LogP contribution < -0.4 is 4.57 Å². The van der Waals surface area contributed by atoms with E-state index in [1.165, 1.54) is 29.1 Å². The zero-order valence-electron chi connectivity index (χ0n) is 13.2. The van der Waals surface area contributed by atoms with Gasteiger partial charge in [-0.15, -0.1) is 0 Å². The monoisotopic (exact) mass is 418 g/mol. The number of carboxylic acid groups (broad SMARTS) is 1. The lowest BCUT2D eigenvalue weighted by Gasteiger charge is -1.99. The number of pyridine rings is 1. The summed E-state index contributed by atoms with van der Waals surface area (Å²) in [7, 11) is 0.676. The quantitative estimate of drug-likeness (QED) is 0.467. The highest BCUT2D eigenvalue weighted by Gasteiger charge is 2.40. The summed E-state index contributed by atoms with van der Waals surface area (Å²) >= 11 is 0.643. The zero-order valence-corrected chi connectivity index (χ0v) is 14.0. The van der Waals surface area contributed by atoms with Crippen molar-refractivity contribution in [1.29, 1.82) is 0 Å². The molecule has 2 aromatic rings. The predicted octanol–water partition coefficient (Wildman–Crippen LogP) is 2.32. The Morgan fingerprint density at radius 3 is 2.07 bits per heavy atom. The molecule has 0 fully saturated rings. The number of alkyl halides is 6. The van der Waals surface area contributed by atoms with Crippen molar-refractivity contribution in [2.75, 3.05) is 7.11 Å². The minimum atomic E-state index is -4.85. The van der Waals surface area contributed by atoms with E-state index in [0.717, 1.165) is 0 Å². The third-order valence-corrected chi connectivity index (χ3v) is 3.32.